The van der Waals surface area contributed by atoms with Gasteiger partial charge in [-0.3, -0.25) is 24.0 Å². The molecule has 0 bridgehead atoms. The van der Waals surface area contributed by atoms with Gasteiger partial charge in [-0.2, -0.15) is 0 Å². The summed E-state index contributed by atoms with van der Waals surface area (Å²) in [5.41, 5.74) is 11.0. The number of nitrogens with zero attached hydrogens (tertiary/aromatic N) is 1. The van der Waals surface area contributed by atoms with Crippen LogP contribution in [0.15, 0.2) is 12.5 Å². The lowest BCUT2D eigenvalue weighted by molar-refractivity contribution is -0.147. The number of aromatic nitrogens is 2. The summed E-state index contributed by atoms with van der Waals surface area (Å²) in [6.07, 6.45) is 1.57. The van der Waals surface area contributed by atoms with Gasteiger partial charge in [-0.25, -0.2) is 9.78 Å². The molecule has 0 spiro atoms. The largest absolute Gasteiger partial charge is 0.481 e. The van der Waals surface area contributed by atoms with Crippen molar-refractivity contribution in [3.8, 4) is 0 Å². The maximum atomic E-state index is 12.5. The van der Waals surface area contributed by atoms with Crippen LogP contribution >= 0.6 is 0 Å². The zero-order valence-corrected chi connectivity index (χ0v) is 16.9. The van der Waals surface area contributed by atoms with Gasteiger partial charge >= 0.3 is 11.9 Å². The van der Waals surface area contributed by atoms with E-state index in [1.165, 1.54) is 12.5 Å². The molecular formula is C17H25N7O8. The third-order valence-electron chi connectivity index (χ3n) is 4.09. The maximum Gasteiger partial charge on any atom is 0.326 e. The highest BCUT2D eigenvalue weighted by atomic mass is 16.4. The van der Waals surface area contributed by atoms with Gasteiger partial charge in [0.15, 0.2) is 0 Å². The van der Waals surface area contributed by atoms with E-state index in [0.29, 0.717) is 5.69 Å². The number of nitrogens with one attached hydrogen (secondary N) is 4. The van der Waals surface area contributed by atoms with Gasteiger partial charge in [-0.1, -0.05) is 0 Å². The van der Waals surface area contributed by atoms with E-state index in [9.17, 15) is 28.8 Å². The number of aromatic amines is 1. The molecule has 15 nitrogen and oxygen atoms in total. The van der Waals surface area contributed by atoms with Gasteiger partial charge in [0.05, 0.1) is 25.3 Å². The first-order valence-electron chi connectivity index (χ1n) is 9.32. The van der Waals surface area contributed by atoms with Crippen molar-refractivity contribution in [3.63, 3.8) is 0 Å². The summed E-state index contributed by atoms with van der Waals surface area (Å²) in [6, 6.07) is -4.10. The Bertz CT molecular complexity index is 842. The molecule has 0 aliphatic heterocycles. The zero-order chi connectivity index (χ0) is 24.3. The van der Waals surface area contributed by atoms with E-state index >= 15 is 0 Å². The smallest absolute Gasteiger partial charge is 0.326 e. The van der Waals surface area contributed by atoms with Gasteiger partial charge in [0.25, 0.3) is 0 Å². The number of carbonyl (C=O) groups excluding carboxylic acids is 4. The van der Waals surface area contributed by atoms with Crippen LogP contribution in [0.3, 0.4) is 0 Å². The van der Waals surface area contributed by atoms with Gasteiger partial charge in [0, 0.05) is 24.7 Å². The molecule has 3 unspecified atom stereocenters. The minimum absolute atomic E-state index is 0.0200. The number of rotatable bonds is 14. The molecule has 0 fully saturated rings. The topological polar surface area (TPSA) is 260 Å². The third kappa shape index (κ3) is 9.66. The molecule has 1 heterocycles. The summed E-state index contributed by atoms with van der Waals surface area (Å²) in [5, 5.41) is 24.5. The minimum atomic E-state index is -1.72. The first-order chi connectivity index (χ1) is 15.0. The van der Waals surface area contributed by atoms with Crippen molar-refractivity contribution in [1.82, 2.24) is 25.9 Å². The van der Waals surface area contributed by atoms with E-state index in [0.717, 1.165) is 0 Å². The predicted molar refractivity (Wildman–Crippen MR) is 105 cm³/mol. The van der Waals surface area contributed by atoms with Crippen LogP contribution in [0.2, 0.25) is 0 Å². The van der Waals surface area contributed by atoms with Crippen molar-refractivity contribution >= 4 is 35.6 Å². The highest BCUT2D eigenvalue weighted by molar-refractivity contribution is 5.93. The van der Waals surface area contributed by atoms with Crippen LogP contribution in [0.5, 0.6) is 0 Å². The number of amides is 4. The van der Waals surface area contributed by atoms with Crippen molar-refractivity contribution in [2.75, 3.05) is 6.54 Å². The van der Waals surface area contributed by atoms with E-state index in [2.05, 4.69) is 25.9 Å². The number of nitrogens with two attached hydrogens (primary N) is 2. The fourth-order valence-electron chi connectivity index (χ4n) is 2.45. The van der Waals surface area contributed by atoms with E-state index in [1.54, 1.807) is 0 Å². The number of carboxylic acid groups (broad SMARTS) is 2. The van der Waals surface area contributed by atoms with E-state index < -0.39 is 66.7 Å². The molecule has 0 aliphatic rings. The average molecular weight is 455 g/mol. The van der Waals surface area contributed by atoms with Crippen molar-refractivity contribution in [3.05, 3.63) is 18.2 Å². The second kappa shape index (κ2) is 12.6. The molecule has 4 amide bonds. The lowest BCUT2D eigenvalue weighted by Crippen LogP contribution is -2.54. The van der Waals surface area contributed by atoms with Gasteiger partial charge in [-0.15, -0.1) is 0 Å². The molecule has 10 N–H and O–H groups in total. The lowest BCUT2D eigenvalue weighted by Gasteiger charge is -2.21. The monoisotopic (exact) mass is 455 g/mol. The molecule has 0 aliphatic carbocycles. The van der Waals surface area contributed by atoms with Crippen LogP contribution in [-0.4, -0.2) is 80.4 Å². The Morgan fingerprint density at radius 1 is 1.06 bits per heavy atom. The number of carboxylic acids is 2. The van der Waals surface area contributed by atoms with Crippen LogP contribution in [-0.2, 0) is 35.2 Å². The molecule has 1 aromatic heterocycles. The highest BCUT2D eigenvalue weighted by Gasteiger charge is 2.29. The van der Waals surface area contributed by atoms with Crippen LogP contribution in [0, 0.1) is 0 Å². The van der Waals surface area contributed by atoms with E-state index in [-0.39, 0.29) is 19.3 Å². The fourth-order valence-corrected chi connectivity index (χ4v) is 2.45. The van der Waals surface area contributed by atoms with Gasteiger partial charge < -0.3 is 42.6 Å². The van der Waals surface area contributed by atoms with E-state index in [1.807, 2.05) is 0 Å². The number of hydrogen-bond acceptors (Lipinski definition) is 8. The van der Waals surface area contributed by atoms with Crippen LogP contribution in [0.25, 0.3) is 0 Å². The molecule has 32 heavy (non-hydrogen) atoms. The zero-order valence-electron chi connectivity index (χ0n) is 16.9. The first-order valence-corrected chi connectivity index (χ1v) is 9.32. The number of carbonyl (C=O) groups is 6. The van der Waals surface area contributed by atoms with Gasteiger partial charge in [-0.05, 0) is 6.42 Å². The highest BCUT2D eigenvalue weighted by Crippen LogP contribution is 2.02. The van der Waals surface area contributed by atoms with E-state index in [4.69, 9.17) is 21.7 Å². The quantitative estimate of drug-likeness (QED) is 0.135. The standard InChI is InChI=1S/C17H25N7O8/c18-9(1-2-12(19)25)15(29)21-6-13(26)23-10(3-8-5-20-7-22-8)16(30)24-11(17(31)32)4-14(27)28/h5,7,9-11H,1-4,6,18H2,(H2,19,25)(H,20,22)(H,21,29)(H,23,26)(H,24,30)(H,27,28)(H,31,32). The summed E-state index contributed by atoms with van der Waals surface area (Å²) in [6.45, 7) is -0.562. The predicted octanol–water partition coefficient (Wildman–Crippen LogP) is -3.81. The summed E-state index contributed by atoms with van der Waals surface area (Å²) in [5.74, 6) is -6.12. The molecule has 0 saturated heterocycles. The summed E-state index contributed by atoms with van der Waals surface area (Å²) in [4.78, 5) is 75.9. The average Bonchev–Trinajstić information content (AvgIpc) is 3.21. The van der Waals surface area contributed by atoms with Gasteiger partial charge in [0.2, 0.25) is 23.6 Å². The number of aliphatic carboxylic acids is 2. The molecular weight excluding hydrogens is 430 g/mol. The van der Waals surface area contributed by atoms with Crippen molar-refractivity contribution in [2.45, 2.75) is 43.8 Å². The Morgan fingerprint density at radius 2 is 1.75 bits per heavy atom. The van der Waals surface area contributed by atoms with Crippen molar-refractivity contribution in [2.24, 2.45) is 11.5 Å². The fraction of sp³-hybridized carbons (Fsp3) is 0.471. The number of hydrogen-bond donors (Lipinski definition) is 8. The Morgan fingerprint density at radius 3 is 2.28 bits per heavy atom. The molecule has 0 saturated carbocycles. The Kier molecular flexibility index (Phi) is 10.3. The minimum Gasteiger partial charge on any atom is -0.481 e. The first kappa shape index (κ1) is 26.0. The number of imidazole rings is 1. The number of H-pyrrole nitrogens is 1. The molecule has 1 aromatic rings. The Labute approximate surface area is 181 Å². The van der Waals surface area contributed by atoms with Gasteiger partial charge in [0.1, 0.15) is 12.1 Å². The Balaban J connectivity index is 2.75. The Hall–Kier alpha value is -4.01. The molecule has 3 atom stereocenters. The van der Waals surface area contributed by atoms with Crippen LogP contribution in [0.4, 0.5) is 0 Å². The van der Waals surface area contributed by atoms with Crippen LogP contribution < -0.4 is 27.4 Å². The maximum absolute atomic E-state index is 12.5. The summed E-state index contributed by atoms with van der Waals surface area (Å²) >= 11 is 0. The van der Waals surface area contributed by atoms with Crippen molar-refractivity contribution < 1.29 is 39.0 Å². The molecule has 0 radical (unpaired) electrons. The number of primary amides is 1. The summed E-state index contributed by atoms with van der Waals surface area (Å²) < 4.78 is 0. The summed E-state index contributed by atoms with van der Waals surface area (Å²) in [7, 11) is 0. The molecule has 176 valence electrons. The third-order valence-corrected chi connectivity index (χ3v) is 4.09. The van der Waals surface area contributed by atoms with Crippen LogP contribution in [0.1, 0.15) is 25.0 Å². The molecule has 1 rings (SSSR count). The second-order valence-electron chi connectivity index (χ2n) is 6.73. The lowest BCUT2D eigenvalue weighted by atomic mass is 10.1. The second-order valence-corrected chi connectivity index (χ2v) is 6.73. The molecule has 15 heteroatoms. The SMILES string of the molecule is NC(=O)CCC(N)C(=O)NCC(=O)NC(Cc1cnc[nH]1)C(=O)NC(CC(=O)O)C(=O)O. The van der Waals surface area contributed by atoms with Crippen molar-refractivity contribution in [1.29, 1.82) is 0 Å². The normalized spacial score (nSPS) is 13.3. The molecule has 0 aromatic carbocycles.